The van der Waals surface area contributed by atoms with Crippen LogP contribution in [0.25, 0.3) is 16.9 Å². The highest BCUT2D eigenvalue weighted by atomic mass is 19.1. The smallest absolute Gasteiger partial charge is 0.255 e. The maximum Gasteiger partial charge on any atom is 0.255 e. The van der Waals surface area contributed by atoms with Crippen LogP contribution in [-0.4, -0.2) is 20.9 Å². The molecular weight excluding hydrogens is 355 g/mol. The first kappa shape index (κ1) is 17.6. The summed E-state index contributed by atoms with van der Waals surface area (Å²) in [7, 11) is 0. The summed E-state index contributed by atoms with van der Waals surface area (Å²) in [5.74, 6) is -0.711. The highest BCUT2D eigenvalue weighted by Gasteiger charge is 2.11. The molecule has 5 nitrogen and oxygen atoms in total. The van der Waals surface area contributed by atoms with Gasteiger partial charge in [-0.15, -0.1) is 5.10 Å². The van der Waals surface area contributed by atoms with Crippen molar-refractivity contribution in [3.05, 3.63) is 95.9 Å². The lowest BCUT2D eigenvalue weighted by Gasteiger charge is -2.09. The molecule has 0 saturated carbocycles. The first-order chi connectivity index (χ1) is 13.6. The van der Waals surface area contributed by atoms with Gasteiger partial charge in [-0.3, -0.25) is 4.79 Å². The lowest BCUT2D eigenvalue weighted by atomic mass is 10.1. The minimum absolute atomic E-state index is 0.311. The van der Waals surface area contributed by atoms with E-state index in [9.17, 15) is 9.18 Å². The number of hydrogen-bond acceptors (Lipinski definition) is 3. The van der Waals surface area contributed by atoms with Crippen LogP contribution in [0.5, 0.6) is 0 Å². The maximum absolute atomic E-state index is 13.3. The molecule has 6 heteroatoms. The van der Waals surface area contributed by atoms with Crippen LogP contribution in [0.15, 0.2) is 79.0 Å². The second kappa shape index (κ2) is 7.44. The largest absolute Gasteiger partial charge is 0.322 e. The Bertz CT molecular complexity index is 1120. The molecule has 0 aliphatic heterocycles. The van der Waals surface area contributed by atoms with E-state index in [1.165, 1.54) is 17.7 Å². The van der Waals surface area contributed by atoms with Gasteiger partial charge in [-0.25, -0.2) is 9.07 Å². The molecule has 1 N–H and O–H groups in total. The number of rotatable bonds is 4. The molecular formula is C22H17FN4O. The first-order valence-electron chi connectivity index (χ1n) is 8.75. The summed E-state index contributed by atoms with van der Waals surface area (Å²) in [6, 6.07) is 20.9. The Hall–Kier alpha value is -3.80. The van der Waals surface area contributed by atoms with Gasteiger partial charge in [-0.1, -0.05) is 41.1 Å². The molecule has 28 heavy (non-hydrogen) atoms. The number of anilines is 1. The number of benzene rings is 3. The van der Waals surface area contributed by atoms with Gasteiger partial charge in [0.2, 0.25) is 0 Å². The summed E-state index contributed by atoms with van der Waals surface area (Å²) in [5, 5.41) is 10.9. The summed E-state index contributed by atoms with van der Waals surface area (Å²) in [5.41, 5.74) is 4.70. The van der Waals surface area contributed by atoms with Crippen molar-refractivity contribution in [1.82, 2.24) is 15.0 Å². The average Bonchev–Trinajstić information content (AvgIpc) is 3.18. The SMILES string of the molecule is Cc1ccc(-c2cnnn2-c2ccc(C(=O)Nc3cccc(F)c3)cc2)cc1. The van der Waals surface area contributed by atoms with E-state index >= 15 is 0 Å². The fraction of sp³-hybridized carbons (Fsp3) is 0.0455. The molecule has 0 atom stereocenters. The number of aromatic nitrogens is 3. The Labute approximate surface area is 161 Å². The van der Waals surface area contributed by atoms with Crippen LogP contribution in [0, 0.1) is 12.7 Å². The maximum atomic E-state index is 13.3. The van der Waals surface area contributed by atoms with Crippen molar-refractivity contribution in [3.63, 3.8) is 0 Å². The number of carbonyl (C=O) groups is 1. The average molecular weight is 372 g/mol. The van der Waals surface area contributed by atoms with Crippen molar-refractivity contribution in [2.24, 2.45) is 0 Å². The van der Waals surface area contributed by atoms with Crippen molar-refractivity contribution in [3.8, 4) is 16.9 Å². The molecule has 1 heterocycles. The minimum atomic E-state index is -0.400. The van der Waals surface area contributed by atoms with Gasteiger partial charge >= 0.3 is 0 Å². The molecule has 4 aromatic rings. The second-order valence-electron chi connectivity index (χ2n) is 6.41. The van der Waals surface area contributed by atoms with Gasteiger partial charge < -0.3 is 5.32 Å². The van der Waals surface area contributed by atoms with E-state index < -0.39 is 5.82 Å². The summed E-state index contributed by atoms with van der Waals surface area (Å²) >= 11 is 0. The third-order valence-electron chi connectivity index (χ3n) is 4.35. The topological polar surface area (TPSA) is 59.8 Å². The summed E-state index contributed by atoms with van der Waals surface area (Å²) in [6.45, 7) is 2.03. The molecule has 0 saturated heterocycles. The number of amides is 1. The Morgan fingerprint density at radius 1 is 1.00 bits per heavy atom. The predicted octanol–water partition coefficient (Wildman–Crippen LogP) is 4.63. The minimum Gasteiger partial charge on any atom is -0.322 e. The van der Waals surface area contributed by atoms with Gasteiger partial charge in [0, 0.05) is 16.8 Å². The van der Waals surface area contributed by atoms with Gasteiger partial charge in [0.1, 0.15) is 5.82 Å². The summed E-state index contributed by atoms with van der Waals surface area (Å²) in [4.78, 5) is 12.4. The standard InChI is InChI=1S/C22H17FN4O/c1-15-5-7-16(8-6-15)21-14-24-26-27(21)20-11-9-17(10-12-20)22(28)25-19-4-2-3-18(23)13-19/h2-14H,1H3,(H,25,28). The van der Waals surface area contributed by atoms with Crippen LogP contribution in [0.2, 0.25) is 0 Å². The van der Waals surface area contributed by atoms with Crippen LogP contribution in [0.1, 0.15) is 15.9 Å². The van der Waals surface area contributed by atoms with E-state index in [1.807, 2.05) is 31.2 Å². The molecule has 4 rings (SSSR count). The van der Waals surface area contributed by atoms with Gasteiger partial charge in [-0.05, 0) is 49.4 Å². The lowest BCUT2D eigenvalue weighted by Crippen LogP contribution is -2.12. The molecule has 3 aromatic carbocycles. The van der Waals surface area contributed by atoms with Crippen molar-refractivity contribution in [2.45, 2.75) is 6.92 Å². The molecule has 0 unspecified atom stereocenters. The number of hydrogen-bond donors (Lipinski definition) is 1. The second-order valence-corrected chi connectivity index (χ2v) is 6.41. The number of nitrogens with one attached hydrogen (secondary N) is 1. The normalized spacial score (nSPS) is 10.6. The molecule has 1 amide bonds. The number of aryl methyl sites for hydroxylation is 1. The molecule has 0 aliphatic carbocycles. The van der Waals surface area contributed by atoms with Crippen LogP contribution >= 0.6 is 0 Å². The van der Waals surface area contributed by atoms with E-state index in [2.05, 4.69) is 15.6 Å². The van der Waals surface area contributed by atoms with E-state index in [0.717, 1.165) is 16.9 Å². The van der Waals surface area contributed by atoms with Gasteiger partial charge in [0.05, 0.1) is 17.6 Å². The van der Waals surface area contributed by atoms with Crippen LogP contribution in [-0.2, 0) is 0 Å². The molecule has 0 bridgehead atoms. The molecule has 0 radical (unpaired) electrons. The van der Waals surface area contributed by atoms with Crippen molar-refractivity contribution >= 4 is 11.6 Å². The van der Waals surface area contributed by atoms with E-state index in [0.29, 0.717) is 11.3 Å². The molecule has 138 valence electrons. The fourth-order valence-electron chi connectivity index (χ4n) is 2.87. The van der Waals surface area contributed by atoms with Gasteiger partial charge in [-0.2, -0.15) is 0 Å². The number of nitrogens with zero attached hydrogens (tertiary/aromatic N) is 3. The van der Waals surface area contributed by atoms with Crippen molar-refractivity contribution in [1.29, 1.82) is 0 Å². The Morgan fingerprint density at radius 3 is 2.46 bits per heavy atom. The first-order valence-corrected chi connectivity index (χ1v) is 8.75. The van der Waals surface area contributed by atoms with Crippen LogP contribution in [0.3, 0.4) is 0 Å². The quantitative estimate of drug-likeness (QED) is 0.568. The van der Waals surface area contributed by atoms with Crippen molar-refractivity contribution in [2.75, 3.05) is 5.32 Å². The molecule has 0 spiro atoms. The number of halogens is 1. The Kier molecular flexibility index (Phi) is 4.68. The highest BCUT2D eigenvalue weighted by molar-refractivity contribution is 6.04. The third-order valence-corrected chi connectivity index (χ3v) is 4.35. The Balaban J connectivity index is 1.56. The zero-order valence-corrected chi connectivity index (χ0v) is 15.1. The fourth-order valence-corrected chi connectivity index (χ4v) is 2.87. The van der Waals surface area contributed by atoms with Gasteiger partial charge in [0.25, 0.3) is 5.91 Å². The molecule has 1 aromatic heterocycles. The van der Waals surface area contributed by atoms with E-state index in [1.54, 1.807) is 47.3 Å². The van der Waals surface area contributed by atoms with Crippen LogP contribution in [0.4, 0.5) is 10.1 Å². The number of carbonyl (C=O) groups excluding carboxylic acids is 1. The third kappa shape index (κ3) is 3.66. The van der Waals surface area contributed by atoms with Crippen molar-refractivity contribution < 1.29 is 9.18 Å². The van der Waals surface area contributed by atoms with Gasteiger partial charge in [0.15, 0.2) is 0 Å². The zero-order chi connectivity index (χ0) is 19.5. The Morgan fingerprint density at radius 2 is 1.75 bits per heavy atom. The molecule has 0 fully saturated rings. The van der Waals surface area contributed by atoms with E-state index in [4.69, 9.17) is 0 Å². The van der Waals surface area contributed by atoms with Crippen LogP contribution < -0.4 is 5.32 Å². The monoisotopic (exact) mass is 372 g/mol. The summed E-state index contributed by atoms with van der Waals surface area (Å²) < 4.78 is 15.0. The summed E-state index contributed by atoms with van der Waals surface area (Å²) in [6.07, 6.45) is 1.70. The molecule has 0 aliphatic rings. The zero-order valence-electron chi connectivity index (χ0n) is 15.1. The predicted molar refractivity (Wildman–Crippen MR) is 106 cm³/mol. The van der Waals surface area contributed by atoms with E-state index in [-0.39, 0.29) is 5.91 Å². The lowest BCUT2D eigenvalue weighted by molar-refractivity contribution is 0.102. The highest BCUT2D eigenvalue weighted by Crippen LogP contribution is 2.22.